The minimum Gasteiger partial charge on any atom is -0.350 e. The maximum atomic E-state index is 13.1. The number of Topliss-reactive ketones (excluding diaryl/α,β-unsaturated/α-hetero) is 1. The molecule has 0 unspecified atom stereocenters. The number of hydrogen-bond donors (Lipinski definition) is 1. The summed E-state index contributed by atoms with van der Waals surface area (Å²) in [5.41, 5.74) is 2.20. The van der Waals surface area contributed by atoms with Crippen molar-refractivity contribution in [1.82, 2.24) is 9.78 Å². The normalized spacial score (nSPS) is 10.5. The average Bonchev–Trinajstić information content (AvgIpc) is 2.69. The van der Waals surface area contributed by atoms with Crippen molar-refractivity contribution in [2.45, 2.75) is 26.8 Å². The Morgan fingerprint density at radius 3 is 2.46 bits per heavy atom. The number of carbonyl (C=O) groups excluding carboxylic acids is 1. The summed E-state index contributed by atoms with van der Waals surface area (Å²) in [4.78, 5) is 25.6. The highest BCUT2D eigenvalue weighted by Crippen LogP contribution is 2.28. The molecule has 0 bridgehead atoms. The third-order valence-corrected chi connectivity index (χ3v) is 4.27. The van der Waals surface area contributed by atoms with Crippen LogP contribution in [0.5, 0.6) is 0 Å². The quantitative estimate of drug-likeness (QED) is 0.674. The van der Waals surface area contributed by atoms with Crippen molar-refractivity contribution >= 4 is 17.2 Å². The molecule has 2 aromatic carbocycles. The topological polar surface area (TPSA) is 87.8 Å². The van der Waals surface area contributed by atoms with Crippen LogP contribution >= 0.6 is 0 Å². The van der Waals surface area contributed by atoms with Gasteiger partial charge in [-0.25, -0.2) is 4.68 Å². The number of hydrogen-bond acceptors (Lipinski definition) is 5. The number of nitrogens with one attached hydrogen (secondary N) is 1. The summed E-state index contributed by atoms with van der Waals surface area (Å²) in [6.45, 7) is 5.13. The van der Waals surface area contributed by atoms with Gasteiger partial charge in [0.1, 0.15) is 11.4 Å². The van der Waals surface area contributed by atoms with Gasteiger partial charge in [0.25, 0.3) is 5.56 Å². The number of ketones is 1. The van der Waals surface area contributed by atoms with E-state index < -0.39 is 0 Å². The molecule has 1 N–H and O–H groups in total. The zero-order chi connectivity index (χ0) is 20.3. The second-order valence-corrected chi connectivity index (χ2v) is 6.68. The van der Waals surface area contributed by atoms with E-state index in [1.807, 2.05) is 44.2 Å². The first-order valence-corrected chi connectivity index (χ1v) is 8.92. The molecule has 0 saturated heterocycles. The van der Waals surface area contributed by atoms with E-state index in [-0.39, 0.29) is 28.6 Å². The molecule has 6 nitrogen and oxygen atoms in total. The van der Waals surface area contributed by atoms with Crippen molar-refractivity contribution < 1.29 is 4.79 Å². The van der Waals surface area contributed by atoms with Gasteiger partial charge in [0.15, 0.2) is 5.78 Å². The Hall–Kier alpha value is -3.72. The summed E-state index contributed by atoms with van der Waals surface area (Å²) in [7, 11) is 0. The number of rotatable bonds is 5. The van der Waals surface area contributed by atoms with E-state index in [2.05, 4.69) is 16.5 Å². The van der Waals surface area contributed by atoms with Gasteiger partial charge in [-0.1, -0.05) is 36.4 Å². The van der Waals surface area contributed by atoms with E-state index in [4.69, 9.17) is 5.26 Å². The zero-order valence-electron chi connectivity index (χ0n) is 15.9. The van der Waals surface area contributed by atoms with Crippen LogP contribution in [-0.2, 0) is 0 Å². The lowest BCUT2D eigenvalue weighted by Crippen LogP contribution is -2.30. The Balaban J connectivity index is 2.30. The van der Waals surface area contributed by atoms with Crippen LogP contribution < -0.4 is 10.9 Å². The van der Waals surface area contributed by atoms with Crippen molar-refractivity contribution in [2.75, 3.05) is 5.32 Å². The first-order chi connectivity index (χ1) is 13.4. The van der Waals surface area contributed by atoms with E-state index in [9.17, 15) is 9.59 Å². The van der Waals surface area contributed by atoms with Gasteiger partial charge in [-0.05, 0) is 39.0 Å². The summed E-state index contributed by atoms with van der Waals surface area (Å²) in [5, 5.41) is 16.7. The fourth-order valence-electron chi connectivity index (χ4n) is 2.96. The first kappa shape index (κ1) is 19.1. The monoisotopic (exact) mass is 372 g/mol. The molecular formula is C22H20N4O2. The number of nitrogens with zero attached hydrogens (tertiary/aromatic N) is 3. The molecule has 1 aromatic heterocycles. The van der Waals surface area contributed by atoms with Gasteiger partial charge >= 0.3 is 0 Å². The number of nitriles is 1. The summed E-state index contributed by atoms with van der Waals surface area (Å²) in [6, 6.07) is 17.9. The minimum absolute atomic E-state index is 0.158. The molecule has 0 atom stereocenters. The third-order valence-electron chi connectivity index (χ3n) is 4.27. The Kier molecular flexibility index (Phi) is 5.37. The molecule has 1 heterocycles. The van der Waals surface area contributed by atoms with Crippen molar-refractivity contribution in [2.24, 2.45) is 0 Å². The molecule has 6 heteroatoms. The molecule has 0 radical (unpaired) electrons. The van der Waals surface area contributed by atoms with Crippen LogP contribution in [0.25, 0.3) is 11.3 Å². The zero-order valence-corrected chi connectivity index (χ0v) is 15.9. The molecule has 3 rings (SSSR count). The fourth-order valence-corrected chi connectivity index (χ4v) is 2.96. The van der Waals surface area contributed by atoms with Gasteiger partial charge in [-0.3, -0.25) is 9.59 Å². The minimum atomic E-state index is -0.387. The number of aromatic nitrogens is 2. The van der Waals surface area contributed by atoms with Gasteiger partial charge in [0, 0.05) is 11.3 Å². The van der Waals surface area contributed by atoms with Crippen molar-refractivity contribution in [3.63, 3.8) is 0 Å². The van der Waals surface area contributed by atoms with E-state index in [0.717, 1.165) is 5.56 Å². The molecule has 140 valence electrons. The summed E-state index contributed by atoms with van der Waals surface area (Å²) in [5.74, 6) is -0.265. The molecule has 0 aliphatic carbocycles. The highest BCUT2D eigenvalue weighted by Gasteiger charge is 2.23. The number of anilines is 2. The first-order valence-electron chi connectivity index (χ1n) is 8.92. The molecule has 28 heavy (non-hydrogen) atoms. The van der Waals surface area contributed by atoms with Crippen LogP contribution in [0.15, 0.2) is 59.4 Å². The summed E-state index contributed by atoms with van der Waals surface area (Å²) < 4.78 is 1.37. The second-order valence-electron chi connectivity index (χ2n) is 6.68. The van der Waals surface area contributed by atoms with Crippen LogP contribution in [-0.4, -0.2) is 15.6 Å². The Morgan fingerprint density at radius 1 is 1.14 bits per heavy atom. The largest absolute Gasteiger partial charge is 0.350 e. The SMILES string of the molecule is CC(=O)c1c(-c2ccccc2)nn(C(C)C)c(=O)c1Nc1cccc(C#N)c1. The molecule has 0 saturated carbocycles. The van der Waals surface area contributed by atoms with Crippen LogP contribution in [0.1, 0.15) is 42.7 Å². The van der Waals surface area contributed by atoms with Gasteiger partial charge in [0.2, 0.25) is 0 Å². The van der Waals surface area contributed by atoms with E-state index in [1.165, 1.54) is 11.6 Å². The van der Waals surface area contributed by atoms with Gasteiger partial charge in [0.05, 0.1) is 23.2 Å². The van der Waals surface area contributed by atoms with Crippen LogP contribution in [0.4, 0.5) is 11.4 Å². The van der Waals surface area contributed by atoms with Crippen molar-refractivity contribution in [3.8, 4) is 17.3 Å². The highest BCUT2D eigenvalue weighted by molar-refractivity contribution is 6.05. The predicted molar refractivity (Wildman–Crippen MR) is 109 cm³/mol. The van der Waals surface area contributed by atoms with Crippen molar-refractivity contribution in [3.05, 3.63) is 76.1 Å². The van der Waals surface area contributed by atoms with E-state index >= 15 is 0 Å². The third kappa shape index (κ3) is 3.69. The highest BCUT2D eigenvalue weighted by atomic mass is 16.1. The summed E-state index contributed by atoms with van der Waals surface area (Å²) in [6.07, 6.45) is 0. The number of benzene rings is 2. The Labute approximate surface area is 163 Å². The van der Waals surface area contributed by atoms with Gasteiger partial charge < -0.3 is 5.32 Å². The maximum absolute atomic E-state index is 13.1. The van der Waals surface area contributed by atoms with E-state index in [0.29, 0.717) is 16.9 Å². The standard InChI is InChI=1S/C22H20N4O2/c1-14(2)26-22(28)21(24-18-11-7-8-16(12-18)13-23)19(15(3)27)20(25-26)17-9-5-4-6-10-17/h4-12,14,24H,1-3H3. The number of carbonyl (C=O) groups is 1. The second kappa shape index (κ2) is 7.89. The van der Waals surface area contributed by atoms with E-state index in [1.54, 1.807) is 24.3 Å². The van der Waals surface area contributed by atoms with Crippen LogP contribution in [0.2, 0.25) is 0 Å². The molecule has 0 spiro atoms. The molecule has 3 aromatic rings. The Morgan fingerprint density at radius 2 is 1.86 bits per heavy atom. The predicted octanol–water partition coefficient (Wildman–Crippen LogP) is 4.31. The molecular weight excluding hydrogens is 352 g/mol. The Bertz CT molecular complexity index is 1130. The lowest BCUT2D eigenvalue weighted by Gasteiger charge is -2.18. The molecule has 0 aliphatic rings. The molecule has 0 fully saturated rings. The molecule has 0 aliphatic heterocycles. The summed E-state index contributed by atoms with van der Waals surface area (Å²) >= 11 is 0. The lowest BCUT2D eigenvalue weighted by atomic mass is 10.0. The van der Waals surface area contributed by atoms with Gasteiger partial charge in [-0.2, -0.15) is 10.4 Å². The van der Waals surface area contributed by atoms with Crippen LogP contribution in [0, 0.1) is 11.3 Å². The average molecular weight is 372 g/mol. The van der Waals surface area contributed by atoms with Gasteiger partial charge in [-0.15, -0.1) is 0 Å². The fraction of sp³-hybridized carbons (Fsp3) is 0.182. The smallest absolute Gasteiger partial charge is 0.291 e. The molecule has 0 amide bonds. The maximum Gasteiger partial charge on any atom is 0.291 e. The van der Waals surface area contributed by atoms with Crippen LogP contribution in [0.3, 0.4) is 0 Å². The lowest BCUT2D eigenvalue weighted by molar-refractivity contribution is 0.101. The van der Waals surface area contributed by atoms with Crippen molar-refractivity contribution in [1.29, 1.82) is 5.26 Å².